The fourth-order valence-electron chi connectivity index (χ4n) is 2.81. The van der Waals surface area contributed by atoms with Crippen molar-refractivity contribution in [3.8, 4) is 11.5 Å². The van der Waals surface area contributed by atoms with Crippen LogP contribution in [0.5, 0.6) is 11.5 Å². The van der Waals surface area contributed by atoms with E-state index in [4.69, 9.17) is 9.47 Å². The first-order chi connectivity index (χ1) is 10.1. The van der Waals surface area contributed by atoms with Gasteiger partial charge < -0.3 is 19.5 Å². The zero-order valence-corrected chi connectivity index (χ0v) is 12.8. The normalized spacial score (nSPS) is 19.7. The Labute approximate surface area is 125 Å². The van der Waals surface area contributed by atoms with Gasteiger partial charge in [0.25, 0.3) is 0 Å². The van der Waals surface area contributed by atoms with E-state index >= 15 is 0 Å². The van der Waals surface area contributed by atoms with Gasteiger partial charge in [-0.15, -0.1) is 0 Å². The van der Waals surface area contributed by atoms with Crippen LogP contribution in [0.1, 0.15) is 31.4 Å². The highest BCUT2D eigenvalue weighted by Gasteiger charge is 2.34. The minimum atomic E-state index is -0.671. The highest BCUT2D eigenvalue weighted by molar-refractivity contribution is 5.78. The molecule has 2 rings (SSSR count). The number of hydrogen-bond donors (Lipinski definition) is 1. The summed E-state index contributed by atoms with van der Waals surface area (Å²) in [7, 11) is 3.14. The minimum absolute atomic E-state index is 0.0675. The summed E-state index contributed by atoms with van der Waals surface area (Å²) in [4.78, 5) is 13.7. The molecule has 0 bridgehead atoms. The van der Waals surface area contributed by atoms with Crippen molar-refractivity contribution >= 4 is 5.91 Å². The molecule has 1 fully saturated rings. The highest BCUT2D eigenvalue weighted by atomic mass is 16.5. The van der Waals surface area contributed by atoms with E-state index in [-0.39, 0.29) is 11.8 Å². The first-order valence-electron chi connectivity index (χ1n) is 7.28. The van der Waals surface area contributed by atoms with E-state index in [0.29, 0.717) is 24.5 Å². The number of amides is 1. The van der Waals surface area contributed by atoms with Gasteiger partial charge in [-0.25, -0.2) is 0 Å². The van der Waals surface area contributed by atoms with Gasteiger partial charge in [-0.2, -0.15) is 0 Å². The summed E-state index contributed by atoms with van der Waals surface area (Å²) < 4.78 is 10.5. The van der Waals surface area contributed by atoms with Gasteiger partial charge in [0.05, 0.1) is 20.3 Å². The van der Waals surface area contributed by atoms with Crippen molar-refractivity contribution in [2.45, 2.75) is 25.9 Å². The lowest BCUT2D eigenvalue weighted by atomic mass is 9.94. The van der Waals surface area contributed by atoms with Gasteiger partial charge in [0.15, 0.2) is 11.5 Å². The second kappa shape index (κ2) is 6.80. The Morgan fingerprint density at radius 1 is 1.33 bits per heavy atom. The standard InChI is InChI=1S/C16H23NO4/c1-4-7-17-10-12(9-15(17)18)16(19)11-5-6-13(20-2)14(8-11)21-3/h5-6,8,12,16,19H,4,7,9-10H2,1-3H3. The lowest BCUT2D eigenvalue weighted by molar-refractivity contribution is -0.127. The molecule has 5 heteroatoms. The Kier molecular flexibility index (Phi) is 5.07. The molecule has 0 spiro atoms. The zero-order chi connectivity index (χ0) is 15.4. The molecular formula is C16H23NO4. The maximum Gasteiger partial charge on any atom is 0.223 e. The molecule has 2 unspecified atom stereocenters. The summed E-state index contributed by atoms with van der Waals surface area (Å²) >= 11 is 0. The molecule has 2 atom stereocenters. The molecule has 116 valence electrons. The van der Waals surface area contributed by atoms with Gasteiger partial charge in [-0.05, 0) is 24.1 Å². The summed E-state index contributed by atoms with van der Waals surface area (Å²) in [5.41, 5.74) is 0.754. The van der Waals surface area contributed by atoms with Crippen molar-refractivity contribution in [1.82, 2.24) is 4.90 Å². The lowest BCUT2D eigenvalue weighted by Crippen LogP contribution is -2.26. The molecule has 21 heavy (non-hydrogen) atoms. The van der Waals surface area contributed by atoms with Crippen molar-refractivity contribution in [2.75, 3.05) is 27.3 Å². The van der Waals surface area contributed by atoms with Gasteiger partial charge in [-0.3, -0.25) is 4.79 Å². The Balaban J connectivity index is 2.13. The number of hydrogen-bond acceptors (Lipinski definition) is 4. The molecule has 1 aromatic carbocycles. The van der Waals surface area contributed by atoms with Crippen LogP contribution in [0.25, 0.3) is 0 Å². The van der Waals surface area contributed by atoms with Crippen molar-refractivity contribution < 1.29 is 19.4 Å². The first-order valence-corrected chi connectivity index (χ1v) is 7.28. The number of carbonyl (C=O) groups is 1. The maximum atomic E-state index is 11.9. The van der Waals surface area contributed by atoms with E-state index in [0.717, 1.165) is 18.5 Å². The number of likely N-dealkylation sites (tertiary alicyclic amines) is 1. The van der Waals surface area contributed by atoms with Crippen LogP contribution in [0.3, 0.4) is 0 Å². The van der Waals surface area contributed by atoms with Crippen LogP contribution in [0.2, 0.25) is 0 Å². The average molecular weight is 293 g/mol. The molecule has 0 saturated carbocycles. The number of methoxy groups -OCH3 is 2. The van der Waals surface area contributed by atoms with E-state index in [9.17, 15) is 9.90 Å². The molecule has 1 aromatic rings. The third kappa shape index (κ3) is 3.29. The number of aliphatic hydroxyl groups is 1. The first kappa shape index (κ1) is 15.6. The summed E-state index contributed by atoms with van der Waals surface area (Å²) in [6.07, 6.45) is 0.663. The quantitative estimate of drug-likeness (QED) is 0.871. The Bertz CT molecular complexity index is 503. The van der Waals surface area contributed by atoms with Gasteiger partial charge in [-0.1, -0.05) is 13.0 Å². The molecule has 0 aromatic heterocycles. The molecule has 1 aliphatic heterocycles. The summed E-state index contributed by atoms with van der Waals surface area (Å²) in [5, 5.41) is 10.5. The molecule has 1 saturated heterocycles. The molecular weight excluding hydrogens is 270 g/mol. The monoisotopic (exact) mass is 293 g/mol. The van der Waals surface area contributed by atoms with Crippen LogP contribution in [0, 0.1) is 5.92 Å². The Morgan fingerprint density at radius 2 is 2.05 bits per heavy atom. The maximum absolute atomic E-state index is 11.9. The van der Waals surface area contributed by atoms with E-state index in [1.54, 1.807) is 26.4 Å². The van der Waals surface area contributed by atoms with Crippen molar-refractivity contribution in [3.05, 3.63) is 23.8 Å². The van der Waals surface area contributed by atoms with Crippen LogP contribution < -0.4 is 9.47 Å². The average Bonchev–Trinajstić information content (AvgIpc) is 2.87. The number of nitrogens with zero attached hydrogens (tertiary/aromatic N) is 1. The zero-order valence-electron chi connectivity index (χ0n) is 12.8. The third-order valence-electron chi connectivity index (χ3n) is 3.93. The van der Waals surface area contributed by atoms with Gasteiger partial charge in [0.2, 0.25) is 5.91 Å². The van der Waals surface area contributed by atoms with E-state index in [1.165, 1.54) is 0 Å². The van der Waals surface area contributed by atoms with Crippen LogP contribution in [-0.4, -0.2) is 43.2 Å². The predicted molar refractivity (Wildman–Crippen MR) is 79.5 cm³/mol. The number of benzene rings is 1. The van der Waals surface area contributed by atoms with Crippen LogP contribution in [0.4, 0.5) is 0 Å². The third-order valence-corrected chi connectivity index (χ3v) is 3.93. The second-order valence-corrected chi connectivity index (χ2v) is 5.36. The summed E-state index contributed by atoms with van der Waals surface area (Å²) in [5.74, 6) is 1.27. The lowest BCUT2D eigenvalue weighted by Gasteiger charge is -2.20. The van der Waals surface area contributed by atoms with Crippen molar-refractivity contribution in [3.63, 3.8) is 0 Å². The van der Waals surface area contributed by atoms with E-state index < -0.39 is 6.10 Å². The highest BCUT2D eigenvalue weighted by Crippen LogP contribution is 2.35. The van der Waals surface area contributed by atoms with Crippen LogP contribution in [0.15, 0.2) is 18.2 Å². The molecule has 1 heterocycles. The molecule has 1 N–H and O–H groups in total. The topological polar surface area (TPSA) is 59.0 Å². The predicted octanol–water partition coefficient (Wildman–Crippen LogP) is 2.00. The van der Waals surface area contributed by atoms with Crippen molar-refractivity contribution in [1.29, 1.82) is 0 Å². The van der Waals surface area contributed by atoms with E-state index in [1.807, 2.05) is 17.9 Å². The fourth-order valence-corrected chi connectivity index (χ4v) is 2.81. The van der Waals surface area contributed by atoms with Crippen molar-refractivity contribution in [2.24, 2.45) is 5.92 Å². The Hall–Kier alpha value is -1.75. The van der Waals surface area contributed by atoms with Crippen LogP contribution >= 0.6 is 0 Å². The number of aliphatic hydroxyl groups excluding tert-OH is 1. The van der Waals surface area contributed by atoms with E-state index in [2.05, 4.69) is 0 Å². The fraction of sp³-hybridized carbons (Fsp3) is 0.562. The largest absolute Gasteiger partial charge is 0.493 e. The summed E-state index contributed by atoms with van der Waals surface area (Å²) in [6, 6.07) is 5.37. The SMILES string of the molecule is CCCN1CC(C(O)c2ccc(OC)c(OC)c2)CC1=O. The van der Waals surface area contributed by atoms with Gasteiger partial charge >= 0.3 is 0 Å². The number of rotatable bonds is 6. The second-order valence-electron chi connectivity index (χ2n) is 5.36. The van der Waals surface area contributed by atoms with Crippen LogP contribution in [-0.2, 0) is 4.79 Å². The number of carbonyl (C=O) groups excluding carboxylic acids is 1. The minimum Gasteiger partial charge on any atom is -0.493 e. The van der Waals surface area contributed by atoms with Gasteiger partial charge in [0.1, 0.15) is 0 Å². The number of ether oxygens (including phenoxy) is 2. The smallest absolute Gasteiger partial charge is 0.223 e. The summed E-state index contributed by atoms with van der Waals surface area (Å²) in [6.45, 7) is 3.42. The van der Waals surface area contributed by atoms with Gasteiger partial charge in [0, 0.05) is 25.4 Å². The molecule has 5 nitrogen and oxygen atoms in total. The molecule has 0 radical (unpaired) electrons. The molecule has 1 amide bonds. The Morgan fingerprint density at radius 3 is 2.67 bits per heavy atom. The molecule has 0 aliphatic carbocycles. The molecule has 1 aliphatic rings.